The molecule has 1 saturated carbocycles. The first kappa shape index (κ1) is 22.2. The Morgan fingerprint density at radius 3 is 2.83 bits per heavy atom. The normalized spacial score (nSPS) is 21.3. The molecule has 2 aromatic carbocycles. The Hall–Kier alpha value is -4.28. The van der Waals surface area contributed by atoms with Crippen LogP contribution in [-0.2, 0) is 17.4 Å². The van der Waals surface area contributed by atoms with Crippen LogP contribution in [0.15, 0.2) is 54.7 Å². The first-order valence-corrected chi connectivity index (χ1v) is 11.3. The zero-order valence-electron chi connectivity index (χ0n) is 18.6. The number of nitrogens with one attached hydrogen (secondary N) is 3. The van der Waals surface area contributed by atoms with Gasteiger partial charge < -0.3 is 25.4 Å². The Morgan fingerprint density at radius 2 is 2.00 bits per heavy atom. The van der Waals surface area contributed by atoms with Crippen molar-refractivity contribution in [3.8, 4) is 17.2 Å². The molecule has 11 heteroatoms. The number of rotatable bonds is 4. The van der Waals surface area contributed by atoms with Crippen LogP contribution < -0.4 is 25.4 Å². The number of amides is 3. The largest absolute Gasteiger partial charge is 0.487 e. The highest BCUT2D eigenvalue weighted by Crippen LogP contribution is 2.54. The molecule has 1 aromatic heterocycles. The van der Waals surface area contributed by atoms with Gasteiger partial charge in [0, 0.05) is 29.4 Å². The maximum absolute atomic E-state index is 12.9. The van der Waals surface area contributed by atoms with Gasteiger partial charge in [-0.3, -0.25) is 4.79 Å². The summed E-state index contributed by atoms with van der Waals surface area (Å²) < 4.78 is 50.8. The third-order valence-corrected chi connectivity index (χ3v) is 6.40. The molecule has 3 aromatic rings. The van der Waals surface area contributed by atoms with Gasteiger partial charge in [-0.1, -0.05) is 6.07 Å². The Balaban J connectivity index is 1.13. The summed E-state index contributed by atoms with van der Waals surface area (Å²) in [4.78, 5) is 28.3. The van der Waals surface area contributed by atoms with Crippen LogP contribution in [0.3, 0.4) is 0 Å². The van der Waals surface area contributed by atoms with Crippen LogP contribution in [0.2, 0.25) is 0 Å². The van der Waals surface area contributed by atoms with E-state index in [0.717, 1.165) is 23.3 Å². The maximum Gasteiger partial charge on any atom is 0.416 e. The van der Waals surface area contributed by atoms with E-state index in [9.17, 15) is 22.8 Å². The number of aromatic nitrogens is 1. The lowest BCUT2D eigenvalue weighted by Crippen LogP contribution is -2.34. The van der Waals surface area contributed by atoms with Crippen LogP contribution >= 0.6 is 0 Å². The van der Waals surface area contributed by atoms with E-state index in [0.29, 0.717) is 35.9 Å². The molecule has 0 spiro atoms. The highest BCUT2D eigenvalue weighted by Gasteiger charge is 2.59. The van der Waals surface area contributed by atoms with E-state index in [2.05, 4.69) is 20.9 Å². The van der Waals surface area contributed by atoms with Gasteiger partial charge >= 0.3 is 12.2 Å². The number of hydrogen-bond donors (Lipinski definition) is 3. The summed E-state index contributed by atoms with van der Waals surface area (Å²) in [5.74, 6) is 2.17. The molecular weight excluding hydrogens is 477 g/mol. The lowest BCUT2D eigenvalue weighted by Gasteiger charge is -2.19. The first-order valence-electron chi connectivity index (χ1n) is 11.3. The number of urea groups is 1. The molecule has 1 fully saturated rings. The van der Waals surface area contributed by atoms with E-state index in [1.54, 1.807) is 24.4 Å². The van der Waals surface area contributed by atoms with Crippen molar-refractivity contribution in [1.29, 1.82) is 0 Å². The average Bonchev–Trinajstić information content (AvgIpc) is 3.34. The standard InChI is InChI=1S/C25H19F3N4O4/c26-25(27,28)12-2-1-3-13(10-12)30-24(34)32-21-20-16-11-14(4-6-17(16)36-22(20)21)35-18-8-9-29-23-15(18)5-7-19(33)31-23/h1-4,6,8-11,20-22H,5,7H2,(H,29,31,33)(H2,30,32,34)/t20-,21?,22-/m0/s1. The monoisotopic (exact) mass is 496 g/mol. The first-order chi connectivity index (χ1) is 17.3. The number of nitrogens with zero attached hydrogens (tertiary/aromatic N) is 1. The Labute approximate surface area is 202 Å². The molecular formula is C25H19F3N4O4. The molecule has 6 rings (SSSR count). The van der Waals surface area contributed by atoms with E-state index in [1.807, 2.05) is 6.07 Å². The van der Waals surface area contributed by atoms with Crippen LogP contribution in [0.25, 0.3) is 0 Å². The van der Waals surface area contributed by atoms with Crippen molar-refractivity contribution in [3.05, 3.63) is 71.4 Å². The van der Waals surface area contributed by atoms with E-state index in [1.165, 1.54) is 12.1 Å². The zero-order valence-corrected chi connectivity index (χ0v) is 18.6. The molecule has 36 heavy (non-hydrogen) atoms. The molecule has 1 unspecified atom stereocenters. The number of halogens is 3. The van der Waals surface area contributed by atoms with Crippen molar-refractivity contribution in [2.24, 2.45) is 0 Å². The fourth-order valence-corrected chi connectivity index (χ4v) is 4.65. The lowest BCUT2D eigenvalue weighted by atomic mass is 10.1. The van der Waals surface area contributed by atoms with Gasteiger partial charge in [-0.05, 0) is 48.9 Å². The highest BCUT2D eigenvalue weighted by atomic mass is 19.4. The number of benzene rings is 2. The minimum atomic E-state index is -4.50. The highest BCUT2D eigenvalue weighted by molar-refractivity contribution is 5.93. The van der Waals surface area contributed by atoms with Crippen LogP contribution in [0.1, 0.15) is 29.0 Å². The van der Waals surface area contributed by atoms with Gasteiger partial charge in [-0.2, -0.15) is 13.2 Å². The number of alkyl halides is 3. The maximum atomic E-state index is 12.9. The summed E-state index contributed by atoms with van der Waals surface area (Å²) >= 11 is 0. The SMILES string of the molecule is O=C1CCc2c(Oc3ccc4c(c3)[C@H]3C(NC(=O)Nc5cccc(C(F)(F)F)c5)[C@H]3O4)ccnc2N1. The molecule has 2 aliphatic heterocycles. The summed E-state index contributed by atoms with van der Waals surface area (Å²) in [5, 5.41) is 7.96. The molecule has 3 amide bonds. The summed E-state index contributed by atoms with van der Waals surface area (Å²) in [7, 11) is 0. The summed E-state index contributed by atoms with van der Waals surface area (Å²) in [5.41, 5.74) is 0.898. The summed E-state index contributed by atoms with van der Waals surface area (Å²) in [6, 6.07) is 10.7. The van der Waals surface area contributed by atoms with Crippen LogP contribution in [-0.4, -0.2) is 29.1 Å². The van der Waals surface area contributed by atoms with Crippen LogP contribution in [0, 0.1) is 0 Å². The molecule has 8 nitrogen and oxygen atoms in total. The number of carbonyl (C=O) groups is 2. The summed E-state index contributed by atoms with van der Waals surface area (Å²) in [6.45, 7) is 0. The van der Waals surface area contributed by atoms with Crippen molar-refractivity contribution in [2.45, 2.75) is 37.1 Å². The number of ether oxygens (including phenoxy) is 2. The van der Waals surface area contributed by atoms with Crippen molar-refractivity contribution >= 4 is 23.4 Å². The number of carbonyl (C=O) groups excluding carboxylic acids is 2. The number of hydrogen-bond acceptors (Lipinski definition) is 5. The summed E-state index contributed by atoms with van der Waals surface area (Å²) in [6.07, 6.45) is -2.31. The van der Waals surface area contributed by atoms with Crippen molar-refractivity contribution < 1.29 is 32.2 Å². The topological polar surface area (TPSA) is 102 Å². The molecule has 3 heterocycles. The fraction of sp³-hybridized carbons (Fsp3) is 0.240. The van der Waals surface area contributed by atoms with Gasteiger partial charge in [-0.15, -0.1) is 0 Å². The van der Waals surface area contributed by atoms with Gasteiger partial charge in [0.2, 0.25) is 5.91 Å². The molecule has 0 saturated heterocycles. The number of pyridine rings is 1. The average molecular weight is 496 g/mol. The van der Waals surface area contributed by atoms with E-state index >= 15 is 0 Å². The van der Waals surface area contributed by atoms with Crippen molar-refractivity contribution in [3.63, 3.8) is 0 Å². The molecule has 3 N–H and O–H groups in total. The van der Waals surface area contributed by atoms with E-state index in [4.69, 9.17) is 9.47 Å². The predicted octanol–water partition coefficient (Wildman–Crippen LogP) is 4.83. The molecule has 0 radical (unpaired) electrons. The van der Waals surface area contributed by atoms with Gasteiger partial charge in [-0.25, -0.2) is 9.78 Å². The zero-order chi connectivity index (χ0) is 25.0. The minimum absolute atomic E-state index is 0.0435. The van der Waals surface area contributed by atoms with E-state index in [-0.39, 0.29) is 29.7 Å². The van der Waals surface area contributed by atoms with Crippen LogP contribution in [0.4, 0.5) is 29.5 Å². The van der Waals surface area contributed by atoms with E-state index < -0.39 is 17.8 Å². The van der Waals surface area contributed by atoms with Gasteiger partial charge in [0.25, 0.3) is 0 Å². The van der Waals surface area contributed by atoms with Crippen molar-refractivity contribution in [2.75, 3.05) is 10.6 Å². The van der Waals surface area contributed by atoms with Gasteiger partial charge in [0.05, 0.1) is 17.5 Å². The second-order valence-electron chi connectivity index (χ2n) is 8.80. The molecule has 3 atom stereocenters. The lowest BCUT2D eigenvalue weighted by molar-refractivity contribution is -0.137. The Kier molecular flexibility index (Phi) is 5.02. The molecule has 0 bridgehead atoms. The molecule has 1 aliphatic carbocycles. The smallest absolute Gasteiger partial charge is 0.416 e. The number of anilines is 2. The molecule has 3 aliphatic rings. The quantitative estimate of drug-likeness (QED) is 0.481. The third-order valence-electron chi connectivity index (χ3n) is 6.40. The fourth-order valence-electron chi connectivity index (χ4n) is 4.65. The predicted molar refractivity (Wildman–Crippen MR) is 122 cm³/mol. The second-order valence-corrected chi connectivity index (χ2v) is 8.80. The Bertz CT molecular complexity index is 1390. The van der Waals surface area contributed by atoms with Gasteiger partial charge in [0.15, 0.2) is 0 Å². The Morgan fingerprint density at radius 1 is 1.14 bits per heavy atom. The second kappa shape index (κ2) is 8.14. The molecule has 184 valence electrons. The van der Waals surface area contributed by atoms with Gasteiger partial charge in [0.1, 0.15) is 29.2 Å². The number of fused-ring (bicyclic) bond motifs is 4. The minimum Gasteiger partial charge on any atom is -0.487 e. The van der Waals surface area contributed by atoms with Crippen LogP contribution in [0.5, 0.6) is 17.2 Å². The third kappa shape index (κ3) is 4.06. The van der Waals surface area contributed by atoms with Crippen molar-refractivity contribution in [1.82, 2.24) is 10.3 Å².